The number of furan rings is 1. The van der Waals surface area contributed by atoms with Gasteiger partial charge in [-0.05, 0) is 30.2 Å². The van der Waals surface area contributed by atoms with Crippen LogP contribution in [0.3, 0.4) is 0 Å². The van der Waals surface area contributed by atoms with E-state index in [1.807, 2.05) is 18.2 Å². The average molecular weight is 288 g/mol. The molecular weight excluding hydrogens is 264 g/mol. The number of nitrogens with one attached hydrogen (secondary N) is 1. The van der Waals surface area contributed by atoms with Crippen LogP contribution in [0, 0.1) is 0 Å². The molecule has 2 rings (SSSR count). The van der Waals surface area contributed by atoms with Gasteiger partial charge in [0.15, 0.2) is 0 Å². The molecule has 2 heterocycles. The molecule has 0 spiro atoms. The van der Waals surface area contributed by atoms with Gasteiger partial charge in [-0.2, -0.15) is 0 Å². The Morgan fingerprint density at radius 2 is 2.19 bits per heavy atom. The number of aryl methyl sites for hydroxylation is 1. The lowest BCUT2D eigenvalue weighted by Gasteiger charge is -2.12. The largest absolute Gasteiger partial charge is 0.469 e. The fraction of sp³-hybridized carbons (Fsp3) is 0.471. The summed E-state index contributed by atoms with van der Waals surface area (Å²) < 4.78 is 11.0. The second-order valence-corrected chi connectivity index (χ2v) is 5.46. The Hall–Kier alpha value is -1.81. The van der Waals surface area contributed by atoms with Crippen LogP contribution in [0.25, 0.3) is 0 Å². The summed E-state index contributed by atoms with van der Waals surface area (Å²) in [7, 11) is 0. The molecule has 0 radical (unpaired) electrons. The van der Waals surface area contributed by atoms with Gasteiger partial charge in [0.25, 0.3) is 0 Å². The van der Waals surface area contributed by atoms with Crippen molar-refractivity contribution in [2.75, 3.05) is 0 Å². The van der Waals surface area contributed by atoms with Gasteiger partial charge in [-0.3, -0.25) is 0 Å². The Balaban J connectivity index is 2.06. The molecule has 0 saturated carbocycles. The van der Waals surface area contributed by atoms with Crippen molar-refractivity contribution in [3.05, 3.63) is 47.5 Å². The predicted molar refractivity (Wildman–Crippen MR) is 83.2 cm³/mol. The third-order valence-corrected chi connectivity index (χ3v) is 3.08. The molecule has 0 atom stereocenters. The summed E-state index contributed by atoms with van der Waals surface area (Å²) in [5.74, 6) is 1.47. The highest BCUT2D eigenvalue weighted by Crippen LogP contribution is 2.16. The van der Waals surface area contributed by atoms with E-state index in [0.29, 0.717) is 18.5 Å². The van der Waals surface area contributed by atoms with E-state index in [4.69, 9.17) is 9.15 Å². The van der Waals surface area contributed by atoms with Gasteiger partial charge in [0.1, 0.15) is 12.4 Å². The summed E-state index contributed by atoms with van der Waals surface area (Å²) in [4.78, 5) is 4.56. The van der Waals surface area contributed by atoms with Gasteiger partial charge in [0.05, 0.1) is 6.26 Å². The third-order valence-electron chi connectivity index (χ3n) is 3.08. The summed E-state index contributed by atoms with van der Waals surface area (Å²) in [6, 6.07) is 8.37. The Morgan fingerprint density at radius 3 is 2.86 bits per heavy atom. The normalized spacial score (nSPS) is 11.0. The number of ether oxygens (including phenoxy) is 1. The van der Waals surface area contributed by atoms with E-state index < -0.39 is 0 Å². The smallest absolute Gasteiger partial charge is 0.214 e. The second-order valence-electron chi connectivity index (χ2n) is 5.46. The first-order valence-electron chi connectivity index (χ1n) is 7.55. The maximum absolute atomic E-state index is 5.75. The molecule has 0 aliphatic heterocycles. The van der Waals surface area contributed by atoms with E-state index in [1.165, 1.54) is 5.56 Å². The third kappa shape index (κ3) is 5.23. The minimum atomic E-state index is 0.409. The molecule has 0 fully saturated rings. The van der Waals surface area contributed by atoms with Gasteiger partial charge < -0.3 is 14.5 Å². The van der Waals surface area contributed by atoms with E-state index in [2.05, 4.69) is 37.1 Å². The Labute approximate surface area is 126 Å². The van der Waals surface area contributed by atoms with Crippen LogP contribution in [0.15, 0.2) is 34.9 Å². The molecule has 2 aromatic rings. The zero-order valence-electron chi connectivity index (χ0n) is 13.1. The van der Waals surface area contributed by atoms with Gasteiger partial charge >= 0.3 is 0 Å². The lowest BCUT2D eigenvalue weighted by molar-refractivity contribution is 0.259. The highest BCUT2D eigenvalue weighted by atomic mass is 16.5. The Kier molecular flexibility index (Phi) is 5.81. The minimum Gasteiger partial charge on any atom is -0.469 e. The van der Waals surface area contributed by atoms with Gasteiger partial charge in [0.2, 0.25) is 5.88 Å². The fourth-order valence-electron chi connectivity index (χ4n) is 2.04. The number of pyridine rings is 1. The molecule has 0 aliphatic carbocycles. The lowest BCUT2D eigenvalue weighted by atomic mass is 10.1. The maximum Gasteiger partial charge on any atom is 0.214 e. The monoisotopic (exact) mass is 288 g/mol. The van der Waals surface area contributed by atoms with E-state index in [-0.39, 0.29) is 0 Å². The van der Waals surface area contributed by atoms with Gasteiger partial charge in [-0.25, -0.2) is 4.98 Å². The molecule has 0 saturated heterocycles. The molecule has 0 aromatic carbocycles. The molecule has 114 valence electrons. The number of hydrogen-bond donors (Lipinski definition) is 1. The standard InChI is InChI=1S/C17H24N2O2/c1-4-6-15-9-14(11-18-13(2)3)10-17(19-15)21-12-16-7-5-8-20-16/h5,7-10,13,18H,4,6,11-12H2,1-3H3. The molecule has 0 amide bonds. The molecule has 1 N–H and O–H groups in total. The zero-order chi connectivity index (χ0) is 15.1. The van der Waals surface area contributed by atoms with Crippen LogP contribution in [0.4, 0.5) is 0 Å². The zero-order valence-corrected chi connectivity index (χ0v) is 13.1. The minimum absolute atomic E-state index is 0.409. The SMILES string of the molecule is CCCc1cc(CNC(C)C)cc(OCc2ccco2)n1. The maximum atomic E-state index is 5.75. The van der Waals surface area contributed by atoms with Gasteiger partial charge in [-0.15, -0.1) is 0 Å². The van der Waals surface area contributed by atoms with E-state index >= 15 is 0 Å². The van der Waals surface area contributed by atoms with Crippen molar-refractivity contribution in [2.45, 2.75) is 52.8 Å². The molecule has 0 aliphatic rings. The molecule has 0 bridgehead atoms. The van der Waals surface area contributed by atoms with Gasteiger partial charge in [-0.1, -0.05) is 27.2 Å². The quantitative estimate of drug-likeness (QED) is 0.804. The van der Waals surface area contributed by atoms with Crippen molar-refractivity contribution in [2.24, 2.45) is 0 Å². The molecular formula is C17H24N2O2. The highest BCUT2D eigenvalue weighted by molar-refractivity contribution is 5.25. The van der Waals surface area contributed by atoms with Crippen molar-refractivity contribution in [1.82, 2.24) is 10.3 Å². The fourth-order valence-corrected chi connectivity index (χ4v) is 2.04. The molecule has 4 heteroatoms. The van der Waals surface area contributed by atoms with Crippen molar-refractivity contribution in [3.63, 3.8) is 0 Å². The van der Waals surface area contributed by atoms with Crippen LogP contribution in [0.1, 0.15) is 44.2 Å². The van der Waals surface area contributed by atoms with Crippen molar-refractivity contribution in [1.29, 1.82) is 0 Å². The van der Waals surface area contributed by atoms with Crippen LogP contribution in [-0.4, -0.2) is 11.0 Å². The predicted octanol–water partition coefficient (Wildman–Crippen LogP) is 3.70. The number of nitrogens with zero attached hydrogens (tertiary/aromatic N) is 1. The van der Waals surface area contributed by atoms with Crippen molar-refractivity contribution >= 4 is 0 Å². The number of aromatic nitrogens is 1. The molecule has 21 heavy (non-hydrogen) atoms. The Bertz CT molecular complexity index is 536. The van der Waals surface area contributed by atoms with Crippen molar-refractivity contribution < 1.29 is 9.15 Å². The van der Waals surface area contributed by atoms with Crippen LogP contribution < -0.4 is 10.1 Å². The highest BCUT2D eigenvalue weighted by Gasteiger charge is 2.06. The first kappa shape index (κ1) is 15.6. The first-order valence-corrected chi connectivity index (χ1v) is 7.55. The molecule has 0 unspecified atom stereocenters. The van der Waals surface area contributed by atoms with Crippen LogP contribution in [0.5, 0.6) is 5.88 Å². The average Bonchev–Trinajstić information content (AvgIpc) is 2.96. The number of hydrogen-bond acceptors (Lipinski definition) is 4. The van der Waals surface area contributed by atoms with Gasteiger partial charge in [0, 0.05) is 24.3 Å². The number of rotatable bonds is 8. The van der Waals surface area contributed by atoms with E-state index in [0.717, 1.165) is 30.8 Å². The van der Waals surface area contributed by atoms with Crippen LogP contribution in [-0.2, 0) is 19.6 Å². The summed E-state index contributed by atoms with van der Waals surface area (Å²) in [6.07, 6.45) is 3.69. The summed E-state index contributed by atoms with van der Waals surface area (Å²) in [5.41, 5.74) is 2.28. The topological polar surface area (TPSA) is 47.3 Å². The Morgan fingerprint density at radius 1 is 1.33 bits per heavy atom. The van der Waals surface area contributed by atoms with Crippen molar-refractivity contribution in [3.8, 4) is 5.88 Å². The second kappa shape index (κ2) is 7.84. The van der Waals surface area contributed by atoms with Crippen LogP contribution in [0.2, 0.25) is 0 Å². The lowest BCUT2D eigenvalue weighted by Crippen LogP contribution is -2.22. The summed E-state index contributed by atoms with van der Waals surface area (Å²) in [6.45, 7) is 7.68. The summed E-state index contributed by atoms with van der Waals surface area (Å²) >= 11 is 0. The first-order chi connectivity index (χ1) is 10.2. The summed E-state index contributed by atoms with van der Waals surface area (Å²) in [5, 5.41) is 3.43. The van der Waals surface area contributed by atoms with E-state index in [1.54, 1.807) is 6.26 Å². The van der Waals surface area contributed by atoms with E-state index in [9.17, 15) is 0 Å². The molecule has 2 aromatic heterocycles. The molecule has 4 nitrogen and oxygen atoms in total. The van der Waals surface area contributed by atoms with Crippen LogP contribution >= 0.6 is 0 Å².